The fourth-order valence-electron chi connectivity index (χ4n) is 1.45. The van der Waals surface area contributed by atoms with Gasteiger partial charge in [0.25, 0.3) is 0 Å². The summed E-state index contributed by atoms with van der Waals surface area (Å²) in [5, 5.41) is 8.43. The summed E-state index contributed by atoms with van der Waals surface area (Å²) in [4.78, 5) is 10.2. The van der Waals surface area contributed by atoms with Gasteiger partial charge in [0.05, 0.1) is 0 Å². The fraction of sp³-hybridized carbons (Fsp3) is 0.417. The predicted molar refractivity (Wildman–Crippen MR) is 56.3 cm³/mol. The van der Waals surface area contributed by atoms with Crippen molar-refractivity contribution in [3.8, 4) is 0 Å². The zero-order valence-corrected chi connectivity index (χ0v) is 8.79. The predicted octanol–water partition coefficient (Wildman–Crippen LogP) is 2.93. The van der Waals surface area contributed by atoms with E-state index in [1.54, 1.807) is 6.07 Å². The molecule has 0 aliphatic heterocycles. The molecule has 1 aromatic rings. The monoisotopic (exact) mass is 210 g/mol. The molecule has 0 heterocycles. The zero-order chi connectivity index (χ0) is 11.3. The molecule has 15 heavy (non-hydrogen) atoms. The van der Waals surface area contributed by atoms with E-state index in [-0.39, 0.29) is 12.2 Å². The van der Waals surface area contributed by atoms with Crippen molar-refractivity contribution in [1.29, 1.82) is 0 Å². The maximum atomic E-state index is 13.3. The summed E-state index contributed by atoms with van der Waals surface area (Å²) in [5.41, 5.74) is 1.58. The summed E-state index contributed by atoms with van der Waals surface area (Å²) in [5.74, 6) is -0.982. The van der Waals surface area contributed by atoms with Crippen LogP contribution in [-0.4, -0.2) is 11.1 Å². The summed E-state index contributed by atoms with van der Waals surface area (Å²) in [6, 6.07) is 5.15. The summed E-state index contributed by atoms with van der Waals surface area (Å²) in [6.07, 6.45) is 2.09. The first-order chi connectivity index (χ1) is 7.09. The van der Waals surface area contributed by atoms with Gasteiger partial charge in [0.15, 0.2) is 0 Å². The molecule has 2 nitrogen and oxygen atoms in total. The quantitative estimate of drug-likeness (QED) is 0.759. The lowest BCUT2D eigenvalue weighted by atomic mass is 10.0. The summed E-state index contributed by atoms with van der Waals surface area (Å²) in [6.45, 7) is 1.84. The second-order valence-corrected chi connectivity index (χ2v) is 3.70. The van der Waals surface area contributed by atoms with E-state index in [0.717, 1.165) is 5.56 Å². The van der Waals surface area contributed by atoms with Crippen LogP contribution in [0.5, 0.6) is 0 Å². The summed E-state index contributed by atoms with van der Waals surface area (Å²) in [7, 11) is 0. The van der Waals surface area contributed by atoms with E-state index in [1.165, 1.54) is 6.07 Å². The first kappa shape index (κ1) is 11.7. The van der Waals surface area contributed by atoms with Crippen LogP contribution in [0.2, 0.25) is 0 Å². The van der Waals surface area contributed by atoms with E-state index < -0.39 is 5.97 Å². The number of hydrogen-bond donors (Lipinski definition) is 1. The first-order valence-electron chi connectivity index (χ1n) is 5.06. The van der Waals surface area contributed by atoms with Gasteiger partial charge in [0, 0.05) is 6.42 Å². The molecule has 1 aromatic carbocycles. The number of halogens is 1. The highest BCUT2D eigenvalue weighted by Crippen LogP contribution is 2.13. The minimum absolute atomic E-state index is 0.160. The molecule has 0 fully saturated rings. The van der Waals surface area contributed by atoms with Crippen molar-refractivity contribution in [2.75, 3.05) is 0 Å². The molecule has 0 unspecified atom stereocenters. The molecule has 0 aromatic heterocycles. The van der Waals surface area contributed by atoms with Crippen LogP contribution in [-0.2, 0) is 11.2 Å². The van der Waals surface area contributed by atoms with Crippen LogP contribution in [0.25, 0.3) is 0 Å². The SMILES string of the molecule is Cc1ccc(CCCCC(=O)O)c(F)c1. The van der Waals surface area contributed by atoms with Crippen LogP contribution in [0.15, 0.2) is 18.2 Å². The third kappa shape index (κ3) is 4.11. The lowest BCUT2D eigenvalue weighted by Gasteiger charge is -2.03. The normalized spacial score (nSPS) is 10.3. The molecule has 0 aliphatic rings. The molecule has 0 atom stereocenters. The minimum Gasteiger partial charge on any atom is -0.481 e. The van der Waals surface area contributed by atoms with Crippen LogP contribution in [0.3, 0.4) is 0 Å². The van der Waals surface area contributed by atoms with Crippen LogP contribution in [0.1, 0.15) is 30.4 Å². The molecule has 0 spiro atoms. The smallest absolute Gasteiger partial charge is 0.303 e. The number of aliphatic carboxylic acids is 1. The van der Waals surface area contributed by atoms with E-state index in [0.29, 0.717) is 24.8 Å². The summed E-state index contributed by atoms with van der Waals surface area (Å²) >= 11 is 0. The minimum atomic E-state index is -0.792. The fourth-order valence-corrected chi connectivity index (χ4v) is 1.45. The number of aryl methyl sites for hydroxylation is 2. The van der Waals surface area contributed by atoms with Gasteiger partial charge < -0.3 is 5.11 Å². The Labute approximate surface area is 88.7 Å². The highest BCUT2D eigenvalue weighted by molar-refractivity contribution is 5.66. The van der Waals surface area contributed by atoms with Crippen LogP contribution >= 0.6 is 0 Å². The van der Waals surface area contributed by atoms with E-state index in [2.05, 4.69) is 0 Å². The van der Waals surface area contributed by atoms with Crippen molar-refractivity contribution in [1.82, 2.24) is 0 Å². The Hall–Kier alpha value is -1.38. The highest BCUT2D eigenvalue weighted by Gasteiger charge is 2.02. The maximum Gasteiger partial charge on any atom is 0.303 e. The van der Waals surface area contributed by atoms with Crippen molar-refractivity contribution in [3.05, 3.63) is 35.1 Å². The molecule has 0 bridgehead atoms. The van der Waals surface area contributed by atoms with Crippen molar-refractivity contribution >= 4 is 5.97 Å². The molecule has 0 saturated carbocycles. The topological polar surface area (TPSA) is 37.3 Å². The van der Waals surface area contributed by atoms with Crippen LogP contribution in [0.4, 0.5) is 4.39 Å². The Morgan fingerprint density at radius 2 is 2.13 bits per heavy atom. The van der Waals surface area contributed by atoms with Crippen LogP contribution in [0, 0.1) is 12.7 Å². The van der Waals surface area contributed by atoms with Gasteiger partial charge in [-0.05, 0) is 43.4 Å². The number of rotatable bonds is 5. The second-order valence-electron chi connectivity index (χ2n) is 3.70. The number of carboxylic acids is 1. The molecule has 0 saturated heterocycles. The lowest BCUT2D eigenvalue weighted by Crippen LogP contribution is -1.96. The zero-order valence-electron chi connectivity index (χ0n) is 8.79. The van der Waals surface area contributed by atoms with E-state index in [4.69, 9.17) is 5.11 Å². The Bertz CT molecular complexity index is 347. The number of hydrogen-bond acceptors (Lipinski definition) is 1. The van der Waals surface area contributed by atoms with Gasteiger partial charge in [-0.2, -0.15) is 0 Å². The summed E-state index contributed by atoms with van der Waals surface area (Å²) < 4.78 is 13.3. The molecule has 1 N–H and O–H groups in total. The largest absolute Gasteiger partial charge is 0.481 e. The van der Waals surface area contributed by atoms with Crippen LogP contribution < -0.4 is 0 Å². The molecule has 0 radical (unpaired) electrons. The lowest BCUT2D eigenvalue weighted by molar-refractivity contribution is -0.137. The van der Waals surface area contributed by atoms with Crippen molar-refractivity contribution in [3.63, 3.8) is 0 Å². The molecule has 82 valence electrons. The number of carbonyl (C=O) groups is 1. The van der Waals surface area contributed by atoms with Crippen molar-refractivity contribution in [2.45, 2.75) is 32.6 Å². The molecular weight excluding hydrogens is 195 g/mol. The third-order valence-corrected chi connectivity index (χ3v) is 2.30. The van der Waals surface area contributed by atoms with Gasteiger partial charge in [0.1, 0.15) is 5.82 Å². The van der Waals surface area contributed by atoms with Gasteiger partial charge in [-0.25, -0.2) is 4.39 Å². The molecule has 0 amide bonds. The van der Waals surface area contributed by atoms with Crippen molar-refractivity contribution in [2.24, 2.45) is 0 Å². The first-order valence-corrected chi connectivity index (χ1v) is 5.06. The average Bonchev–Trinajstić information content (AvgIpc) is 2.14. The van der Waals surface area contributed by atoms with Gasteiger partial charge in [-0.15, -0.1) is 0 Å². The molecule has 1 rings (SSSR count). The van der Waals surface area contributed by atoms with E-state index in [9.17, 15) is 9.18 Å². The standard InChI is InChI=1S/C12H15FO2/c1-9-6-7-10(11(13)8-9)4-2-3-5-12(14)15/h6-8H,2-5H2,1H3,(H,14,15). The second kappa shape index (κ2) is 5.49. The van der Waals surface area contributed by atoms with Gasteiger partial charge in [0.2, 0.25) is 0 Å². The van der Waals surface area contributed by atoms with E-state index >= 15 is 0 Å². The molecule has 0 aliphatic carbocycles. The highest BCUT2D eigenvalue weighted by atomic mass is 19.1. The van der Waals surface area contributed by atoms with E-state index in [1.807, 2.05) is 13.0 Å². The Morgan fingerprint density at radius 1 is 1.40 bits per heavy atom. The Balaban J connectivity index is 2.40. The number of unbranched alkanes of at least 4 members (excludes halogenated alkanes) is 1. The van der Waals surface area contributed by atoms with Gasteiger partial charge in [-0.1, -0.05) is 12.1 Å². The van der Waals surface area contributed by atoms with Gasteiger partial charge in [-0.3, -0.25) is 4.79 Å². The Morgan fingerprint density at radius 3 is 2.73 bits per heavy atom. The van der Waals surface area contributed by atoms with Gasteiger partial charge >= 0.3 is 5.97 Å². The number of benzene rings is 1. The molecule has 3 heteroatoms. The maximum absolute atomic E-state index is 13.3. The molecular formula is C12H15FO2. The Kier molecular flexibility index (Phi) is 4.28. The third-order valence-electron chi connectivity index (χ3n) is 2.30. The van der Waals surface area contributed by atoms with Crippen molar-refractivity contribution < 1.29 is 14.3 Å². The average molecular weight is 210 g/mol. The number of carboxylic acid groups (broad SMARTS) is 1.